The Bertz CT molecular complexity index is 636. The number of hydrogen-bond donors (Lipinski definition) is 5. The van der Waals surface area contributed by atoms with Crippen LogP contribution in [-0.4, -0.2) is 82.5 Å². The minimum atomic E-state index is -3.88. The Balaban J connectivity index is 2.17. The first-order chi connectivity index (χ1) is 12.5. The molecule has 2 unspecified atom stereocenters. The van der Waals surface area contributed by atoms with Gasteiger partial charge in [-0.25, -0.2) is 0 Å². The van der Waals surface area contributed by atoms with E-state index in [4.69, 9.17) is 21.5 Å². The Kier molecular flexibility index (Phi) is 7.28. The fourth-order valence-corrected chi connectivity index (χ4v) is 5.64. The molecule has 1 saturated carbocycles. The Morgan fingerprint density at radius 3 is 2.48 bits per heavy atom. The summed E-state index contributed by atoms with van der Waals surface area (Å²) in [5, 5.41) is 27.6. The second kappa shape index (κ2) is 8.72. The van der Waals surface area contributed by atoms with Crippen LogP contribution in [0, 0.1) is 5.92 Å². The lowest BCUT2D eigenvalue weighted by Crippen LogP contribution is -2.55. The summed E-state index contributed by atoms with van der Waals surface area (Å²) in [6.07, 6.45) is 2.84. The van der Waals surface area contributed by atoms with Crippen LogP contribution in [0.15, 0.2) is 0 Å². The number of rotatable bonds is 11. The van der Waals surface area contributed by atoms with E-state index in [9.17, 15) is 18.3 Å². The van der Waals surface area contributed by atoms with E-state index < -0.39 is 34.8 Å². The Morgan fingerprint density at radius 1 is 1.37 bits per heavy atom. The molecule has 27 heavy (non-hydrogen) atoms. The van der Waals surface area contributed by atoms with Crippen molar-refractivity contribution in [1.82, 2.24) is 8.61 Å². The van der Waals surface area contributed by atoms with Gasteiger partial charge in [0.05, 0.1) is 0 Å². The predicted octanol–water partition coefficient (Wildman–Crippen LogP) is -1.60. The molecule has 1 aliphatic carbocycles. The maximum atomic E-state index is 13.2. The summed E-state index contributed by atoms with van der Waals surface area (Å²) in [6, 6.07) is -0.440. The minimum absolute atomic E-state index is 0.00274. The molecule has 0 aromatic rings. The summed E-state index contributed by atoms with van der Waals surface area (Å²) < 4.78 is 28.9. The first kappa shape index (κ1) is 22.5. The molecule has 1 aliphatic heterocycles. The molecule has 0 bridgehead atoms. The van der Waals surface area contributed by atoms with E-state index in [1.807, 2.05) is 6.92 Å². The van der Waals surface area contributed by atoms with Crippen molar-refractivity contribution in [2.24, 2.45) is 17.4 Å². The second-order valence-corrected chi connectivity index (χ2v) is 9.57. The molecule has 10 nitrogen and oxygen atoms in total. The van der Waals surface area contributed by atoms with Crippen molar-refractivity contribution in [2.45, 2.75) is 63.0 Å². The molecule has 1 heterocycles. The average Bonchev–Trinajstić information content (AvgIpc) is 3.16. The molecule has 4 atom stereocenters. The Labute approximate surface area is 160 Å². The molecule has 2 aliphatic rings. The van der Waals surface area contributed by atoms with Crippen molar-refractivity contribution in [3.8, 4) is 0 Å². The van der Waals surface area contributed by atoms with E-state index in [2.05, 4.69) is 0 Å². The highest BCUT2D eigenvalue weighted by Gasteiger charge is 2.55. The zero-order valence-electron chi connectivity index (χ0n) is 15.7. The summed E-state index contributed by atoms with van der Waals surface area (Å²) in [5.41, 5.74) is 10.3. The van der Waals surface area contributed by atoms with Gasteiger partial charge in [-0.2, -0.15) is 17.0 Å². The molecule has 0 aromatic heterocycles. The smallest absolute Gasteiger partial charge is 0.451 e. The Morgan fingerprint density at radius 2 is 2.00 bits per heavy atom. The van der Waals surface area contributed by atoms with Crippen LogP contribution < -0.4 is 11.5 Å². The number of aliphatic carboxylic acids is 1. The van der Waals surface area contributed by atoms with Crippen molar-refractivity contribution in [1.29, 1.82) is 0 Å². The van der Waals surface area contributed by atoms with E-state index in [-0.39, 0.29) is 31.5 Å². The third kappa shape index (κ3) is 5.00. The van der Waals surface area contributed by atoms with Crippen LogP contribution in [0.3, 0.4) is 0 Å². The molecular formula is C15H31BN4O6S. The zero-order valence-corrected chi connectivity index (χ0v) is 16.5. The average molecular weight is 406 g/mol. The molecule has 2 rings (SSSR count). The molecule has 1 saturated heterocycles. The molecule has 12 heteroatoms. The van der Waals surface area contributed by atoms with Crippen molar-refractivity contribution in [3.05, 3.63) is 0 Å². The normalized spacial score (nSPS) is 31.4. The summed E-state index contributed by atoms with van der Waals surface area (Å²) in [4.78, 5) is 11.8. The predicted molar refractivity (Wildman–Crippen MR) is 101 cm³/mol. The van der Waals surface area contributed by atoms with Gasteiger partial charge in [0, 0.05) is 37.6 Å². The SMILES string of the molecule is CCCCN(C1CC1N)S(=O)(=O)N1C[C@H](CCCB(O)O)[C@](N)(C(=O)O)C1. The minimum Gasteiger partial charge on any atom is -0.480 e. The molecule has 156 valence electrons. The van der Waals surface area contributed by atoms with Crippen LogP contribution in [0.1, 0.15) is 39.0 Å². The van der Waals surface area contributed by atoms with E-state index in [0.717, 1.165) is 10.7 Å². The van der Waals surface area contributed by atoms with Crippen LogP contribution >= 0.6 is 0 Å². The second-order valence-electron chi connectivity index (χ2n) is 7.69. The van der Waals surface area contributed by atoms with Crippen molar-refractivity contribution in [3.63, 3.8) is 0 Å². The van der Waals surface area contributed by atoms with Crippen molar-refractivity contribution >= 4 is 23.3 Å². The van der Waals surface area contributed by atoms with Crippen molar-refractivity contribution < 1.29 is 28.4 Å². The van der Waals surface area contributed by atoms with Gasteiger partial charge in [0.25, 0.3) is 10.2 Å². The topological polar surface area (TPSA) is 170 Å². The van der Waals surface area contributed by atoms with Gasteiger partial charge in [0.15, 0.2) is 0 Å². The quantitative estimate of drug-likeness (QED) is 0.255. The van der Waals surface area contributed by atoms with Gasteiger partial charge in [-0.15, -0.1) is 0 Å². The zero-order chi connectivity index (χ0) is 20.4. The van der Waals surface area contributed by atoms with Crippen LogP contribution in [0.4, 0.5) is 0 Å². The molecule has 7 N–H and O–H groups in total. The first-order valence-electron chi connectivity index (χ1n) is 9.45. The maximum Gasteiger partial charge on any atom is 0.451 e. The van der Waals surface area contributed by atoms with Crippen LogP contribution in [0.5, 0.6) is 0 Å². The van der Waals surface area contributed by atoms with Crippen LogP contribution in [0.25, 0.3) is 0 Å². The van der Waals surface area contributed by atoms with Gasteiger partial charge in [0.1, 0.15) is 5.54 Å². The molecular weight excluding hydrogens is 375 g/mol. The van der Waals surface area contributed by atoms with Crippen LogP contribution in [-0.2, 0) is 15.0 Å². The summed E-state index contributed by atoms with van der Waals surface area (Å²) >= 11 is 0. The number of unbranched alkanes of at least 4 members (excludes halogenated alkanes) is 1. The maximum absolute atomic E-state index is 13.2. The van der Waals surface area contributed by atoms with E-state index in [0.29, 0.717) is 32.2 Å². The standard InChI is InChI=1S/C15H31BN4O6S/c1-2-3-7-20(13-8-12(13)17)27(25,26)19-9-11(5-4-6-16(23)24)15(18,10-19)14(21)22/h11-13,23-24H,2-10,17-18H2,1H3,(H,21,22)/t11-,12?,13?,15-/m0/s1. The van der Waals surface area contributed by atoms with E-state index in [1.165, 1.54) is 4.31 Å². The molecule has 2 fully saturated rings. The van der Waals surface area contributed by atoms with Gasteiger partial charge in [0.2, 0.25) is 0 Å². The summed E-state index contributed by atoms with van der Waals surface area (Å²) in [5.74, 6) is -1.86. The molecule has 0 spiro atoms. The van der Waals surface area contributed by atoms with Crippen LogP contribution in [0.2, 0.25) is 6.32 Å². The monoisotopic (exact) mass is 406 g/mol. The number of carboxylic acid groups (broad SMARTS) is 1. The number of hydrogen-bond acceptors (Lipinski definition) is 7. The first-order valence-corrected chi connectivity index (χ1v) is 10.8. The Hall–Kier alpha value is -0.755. The lowest BCUT2D eigenvalue weighted by atomic mass is 9.78. The van der Waals surface area contributed by atoms with Gasteiger partial charge < -0.3 is 26.6 Å². The highest BCUT2D eigenvalue weighted by molar-refractivity contribution is 7.86. The summed E-state index contributed by atoms with van der Waals surface area (Å²) in [7, 11) is -5.36. The fourth-order valence-electron chi connectivity index (χ4n) is 3.65. The third-order valence-corrected chi connectivity index (χ3v) is 7.51. The van der Waals surface area contributed by atoms with Gasteiger partial charge in [-0.1, -0.05) is 19.8 Å². The van der Waals surface area contributed by atoms with Gasteiger partial charge in [-0.3, -0.25) is 4.79 Å². The number of nitrogens with two attached hydrogens (primary N) is 2. The molecule has 0 radical (unpaired) electrons. The van der Waals surface area contributed by atoms with E-state index >= 15 is 0 Å². The number of nitrogens with zero attached hydrogens (tertiary/aromatic N) is 2. The lowest BCUT2D eigenvalue weighted by molar-refractivity contribution is -0.144. The number of carboxylic acids is 1. The van der Waals surface area contributed by atoms with Crippen molar-refractivity contribution in [2.75, 3.05) is 19.6 Å². The third-order valence-electron chi connectivity index (χ3n) is 5.53. The number of carbonyl (C=O) groups is 1. The van der Waals surface area contributed by atoms with Gasteiger partial charge >= 0.3 is 13.1 Å². The highest BCUT2D eigenvalue weighted by atomic mass is 32.2. The molecule has 0 aromatic carbocycles. The van der Waals surface area contributed by atoms with E-state index in [1.54, 1.807) is 0 Å². The largest absolute Gasteiger partial charge is 0.480 e. The lowest BCUT2D eigenvalue weighted by Gasteiger charge is -2.28. The fraction of sp³-hybridized carbons (Fsp3) is 0.933. The van der Waals surface area contributed by atoms with Gasteiger partial charge in [-0.05, 0) is 25.6 Å². The summed E-state index contributed by atoms with van der Waals surface area (Å²) in [6.45, 7) is 2.01. The molecule has 0 amide bonds. The highest BCUT2D eigenvalue weighted by Crippen LogP contribution is 2.36.